The number of hydrogen-bond donors (Lipinski definition) is 0. The van der Waals surface area contributed by atoms with Crippen molar-refractivity contribution in [3.05, 3.63) is 194 Å². The fraction of sp³-hybridized carbons (Fsp3) is 0. The smallest absolute Gasteiger partial charge is 0.0562 e. The van der Waals surface area contributed by atoms with Gasteiger partial charge in [0.15, 0.2) is 0 Å². The molecule has 0 atom stereocenters. The molecule has 2 heteroatoms. The van der Waals surface area contributed by atoms with Gasteiger partial charge in [-0.25, -0.2) is 0 Å². The van der Waals surface area contributed by atoms with Gasteiger partial charge < -0.3 is 9.13 Å². The number of fused-ring (bicyclic) bond motifs is 8. The molecule has 0 unspecified atom stereocenters. The molecule has 0 N–H and O–H groups in total. The van der Waals surface area contributed by atoms with E-state index >= 15 is 0 Å². The highest BCUT2D eigenvalue weighted by molar-refractivity contribution is 6.23. The minimum atomic E-state index is 1.15. The monoisotopic (exact) mass is 660 g/mol. The summed E-state index contributed by atoms with van der Waals surface area (Å²) in [7, 11) is 0. The van der Waals surface area contributed by atoms with E-state index in [4.69, 9.17) is 0 Å². The molecular formula is C50H32N2. The zero-order valence-corrected chi connectivity index (χ0v) is 28.4. The maximum atomic E-state index is 2.46. The van der Waals surface area contributed by atoms with Crippen LogP contribution in [-0.2, 0) is 0 Å². The minimum absolute atomic E-state index is 1.15. The SMILES string of the molecule is c1ccc(-c2c3ccccc3c(-c3ccc4c5cc6c7ccccc7n(-c7ccccc7)c6cc5n(-c5ccccc5)c4c3)c3ccccc23)cc1. The third-order valence-corrected chi connectivity index (χ3v) is 10.9. The van der Waals surface area contributed by atoms with E-state index in [2.05, 4.69) is 203 Å². The largest absolute Gasteiger partial charge is 0.309 e. The summed E-state index contributed by atoms with van der Waals surface area (Å²) in [6.45, 7) is 0. The number of hydrogen-bond acceptors (Lipinski definition) is 0. The zero-order chi connectivity index (χ0) is 34.2. The molecule has 0 aliphatic rings. The summed E-state index contributed by atoms with van der Waals surface area (Å²) < 4.78 is 4.87. The molecule has 52 heavy (non-hydrogen) atoms. The van der Waals surface area contributed by atoms with Gasteiger partial charge in [0.2, 0.25) is 0 Å². The second kappa shape index (κ2) is 11.3. The number of benzene rings is 9. The Morgan fingerprint density at radius 3 is 1.19 bits per heavy atom. The molecule has 0 radical (unpaired) electrons. The van der Waals surface area contributed by atoms with Gasteiger partial charge in [0.25, 0.3) is 0 Å². The van der Waals surface area contributed by atoms with Crippen LogP contribution in [0.1, 0.15) is 0 Å². The molecule has 2 aromatic heterocycles. The standard InChI is InChI=1S/C50H32N2/c1-4-16-33(17-5-1)49-39-23-10-12-25-41(39)50(42-26-13-11-24-40(42)49)34-28-29-38-44-31-43-37-22-14-15-27-45(37)51(35-18-6-2-7-19-35)47(43)32-48(44)52(46(38)30-34)36-20-8-3-9-21-36/h1-32H. The van der Waals surface area contributed by atoms with Crippen LogP contribution in [0, 0.1) is 0 Å². The lowest BCUT2D eigenvalue weighted by atomic mass is 9.86. The Morgan fingerprint density at radius 1 is 0.231 bits per heavy atom. The Balaban J connectivity index is 1.26. The van der Waals surface area contributed by atoms with E-state index < -0.39 is 0 Å². The van der Waals surface area contributed by atoms with E-state index in [9.17, 15) is 0 Å². The van der Waals surface area contributed by atoms with Crippen molar-refractivity contribution in [3.63, 3.8) is 0 Å². The summed E-state index contributed by atoms with van der Waals surface area (Å²) in [5.41, 5.74) is 12.1. The Kier molecular flexibility index (Phi) is 6.28. The van der Waals surface area contributed by atoms with Crippen molar-refractivity contribution >= 4 is 65.2 Å². The highest BCUT2D eigenvalue weighted by atomic mass is 15.0. The number of rotatable bonds is 4. The highest BCUT2D eigenvalue weighted by Gasteiger charge is 2.21. The van der Waals surface area contributed by atoms with E-state index in [0.717, 1.165) is 11.4 Å². The lowest BCUT2D eigenvalue weighted by molar-refractivity contribution is 1.16. The third kappa shape index (κ3) is 4.19. The van der Waals surface area contributed by atoms with E-state index in [0.29, 0.717) is 0 Å². The summed E-state index contributed by atoms with van der Waals surface area (Å²) in [5.74, 6) is 0. The van der Waals surface area contributed by atoms with E-state index in [1.54, 1.807) is 0 Å². The summed E-state index contributed by atoms with van der Waals surface area (Å²) in [6, 6.07) is 70.9. The molecule has 0 spiro atoms. The van der Waals surface area contributed by atoms with Crippen LogP contribution >= 0.6 is 0 Å². The lowest BCUT2D eigenvalue weighted by Crippen LogP contribution is -1.96. The molecule has 2 heterocycles. The molecule has 0 aliphatic heterocycles. The first-order valence-corrected chi connectivity index (χ1v) is 17.9. The van der Waals surface area contributed by atoms with Gasteiger partial charge in [-0.3, -0.25) is 0 Å². The van der Waals surface area contributed by atoms with Gasteiger partial charge in [0.05, 0.1) is 22.1 Å². The Hall–Kier alpha value is -6.90. The zero-order valence-electron chi connectivity index (χ0n) is 28.4. The van der Waals surface area contributed by atoms with E-state index in [-0.39, 0.29) is 0 Å². The second-order valence-corrected chi connectivity index (χ2v) is 13.7. The summed E-state index contributed by atoms with van der Waals surface area (Å²) in [4.78, 5) is 0. The molecule has 11 aromatic rings. The van der Waals surface area contributed by atoms with Gasteiger partial charge in [-0.2, -0.15) is 0 Å². The molecule has 0 saturated carbocycles. The predicted octanol–water partition coefficient (Wildman–Crippen LogP) is 13.5. The van der Waals surface area contributed by atoms with Gasteiger partial charge in [-0.05, 0) is 92.3 Å². The molecule has 2 nitrogen and oxygen atoms in total. The van der Waals surface area contributed by atoms with Gasteiger partial charge >= 0.3 is 0 Å². The fourth-order valence-electron chi connectivity index (χ4n) is 8.70. The summed E-state index contributed by atoms with van der Waals surface area (Å²) in [5, 5.41) is 10.1. The van der Waals surface area contributed by atoms with Crippen molar-refractivity contribution in [2.45, 2.75) is 0 Å². The molecule has 0 amide bonds. The summed E-state index contributed by atoms with van der Waals surface area (Å²) >= 11 is 0. The topological polar surface area (TPSA) is 9.86 Å². The van der Waals surface area contributed by atoms with Crippen molar-refractivity contribution in [2.24, 2.45) is 0 Å². The Bertz CT molecular complexity index is 3090. The van der Waals surface area contributed by atoms with Gasteiger partial charge in [0.1, 0.15) is 0 Å². The minimum Gasteiger partial charge on any atom is -0.309 e. The Labute approximate surface area is 301 Å². The highest BCUT2D eigenvalue weighted by Crippen LogP contribution is 2.46. The lowest BCUT2D eigenvalue weighted by Gasteiger charge is -2.18. The molecule has 0 fully saturated rings. The quantitative estimate of drug-likeness (QED) is 0.166. The molecule has 9 aromatic carbocycles. The van der Waals surface area contributed by atoms with Crippen molar-refractivity contribution in [1.29, 1.82) is 0 Å². The third-order valence-electron chi connectivity index (χ3n) is 10.9. The van der Waals surface area contributed by atoms with Crippen LogP contribution in [0.5, 0.6) is 0 Å². The van der Waals surface area contributed by atoms with Crippen molar-refractivity contribution in [3.8, 4) is 33.6 Å². The maximum absolute atomic E-state index is 2.46. The average molecular weight is 661 g/mol. The van der Waals surface area contributed by atoms with Crippen LogP contribution in [0.2, 0.25) is 0 Å². The second-order valence-electron chi connectivity index (χ2n) is 13.7. The van der Waals surface area contributed by atoms with Crippen molar-refractivity contribution < 1.29 is 0 Å². The summed E-state index contributed by atoms with van der Waals surface area (Å²) in [6.07, 6.45) is 0. The number of nitrogens with zero attached hydrogens (tertiary/aromatic N) is 2. The Morgan fingerprint density at radius 2 is 0.635 bits per heavy atom. The van der Waals surface area contributed by atoms with Crippen LogP contribution in [0.15, 0.2) is 194 Å². The first-order chi connectivity index (χ1) is 25.8. The van der Waals surface area contributed by atoms with E-state index in [1.807, 2.05) is 0 Å². The van der Waals surface area contributed by atoms with Crippen molar-refractivity contribution in [1.82, 2.24) is 9.13 Å². The first kappa shape index (κ1) is 28.9. The van der Waals surface area contributed by atoms with Crippen LogP contribution in [-0.4, -0.2) is 9.13 Å². The normalized spacial score (nSPS) is 11.8. The van der Waals surface area contributed by atoms with Crippen LogP contribution in [0.4, 0.5) is 0 Å². The van der Waals surface area contributed by atoms with E-state index in [1.165, 1.54) is 87.4 Å². The number of para-hydroxylation sites is 3. The maximum Gasteiger partial charge on any atom is 0.0562 e. The van der Waals surface area contributed by atoms with Crippen LogP contribution in [0.25, 0.3) is 98.8 Å². The van der Waals surface area contributed by atoms with Gasteiger partial charge in [-0.15, -0.1) is 0 Å². The molecule has 0 aliphatic carbocycles. The molecule has 0 bridgehead atoms. The molecule has 0 saturated heterocycles. The first-order valence-electron chi connectivity index (χ1n) is 17.9. The van der Waals surface area contributed by atoms with Crippen LogP contribution < -0.4 is 0 Å². The fourth-order valence-corrected chi connectivity index (χ4v) is 8.70. The van der Waals surface area contributed by atoms with Crippen molar-refractivity contribution in [2.75, 3.05) is 0 Å². The predicted molar refractivity (Wildman–Crippen MR) is 221 cm³/mol. The molecule has 11 rings (SSSR count). The molecular weight excluding hydrogens is 629 g/mol. The van der Waals surface area contributed by atoms with Gasteiger partial charge in [0, 0.05) is 32.9 Å². The average Bonchev–Trinajstić information content (AvgIpc) is 3.71. The van der Waals surface area contributed by atoms with Gasteiger partial charge in [-0.1, -0.05) is 146 Å². The van der Waals surface area contributed by atoms with Crippen LogP contribution in [0.3, 0.4) is 0 Å². The number of aromatic nitrogens is 2. The molecule has 242 valence electrons.